The third kappa shape index (κ3) is 2.78. The Morgan fingerprint density at radius 2 is 2.10 bits per heavy atom. The number of aryl methyl sites for hydroxylation is 1. The number of halogens is 2. The van der Waals surface area contributed by atoms with Crippen LogP contribution in [-0.2, 0) is 0 Å². The fourth-order valence-corrected chi connectivity index (χ4v) is 2.93. The fraction of sp³-hybridized carbons (Fsp3) is 0.154. The molecule has 0 saturated heterocycles. The van der Waals surface area contributed by atoms with Gasteiger partial charge in [0.1, 0.15) is 21.9 Å². The summed E-state index contributed by atoms with van der Waals surface area (Å²) < 4.78 is 0. The molecule has 102 valence electrons. The number of thiophene rings is 1. The molecule has 1 N–H and O–H groups in total. The standard InChI is InChI=1S/C13H9Cl2N3OS/c1-6-7(2)20-13(8(6)5-16)18-12(19)11-9(14)3-4-10(15)17-11/h3-4H,1-2H3,(H,18,19). The van der Waals surface area contributed by atoms with E-state index in [1.54, 1.807) is 0 Å². The summed E-state index contributed by atoms with van der Waals surface area (Å²) in [6, 6.07) is 5.09. The lowest BCUT2D eigenvalue weighted by Crippen LogP contribution is -2.14. The van der Waals surface area contributed by atoms with Gasteiger partial charge in [-0.05, 0) is 31.5 Å². The van der Waals surface area contributed by atoms with E-state index in [0.717, 1.165) is 10.4 Å². The highest BCUT2D eigenvalue weighted by molar-refractivity contribution is 7.16. The second-order valence-corrected chi connectivity index (χ2v) is 6.04. The predicted molar refractivity (Wildman–Crippen MR) is 80.7 cm³/mol. The van der Waals surface area contributed by atoms with Crippen LogP contribution >= 0.6 is 34.5 Å². The zero-order valence-corrected chi connectivity index (χ0v) is 12.9. The highest BCUT2D eigenvalue weighted by Gasteiger charge is 2.18. The van der Waals surface area contributed by atoms with Crippen LogP contribution in [0.25, 0.3) is 0 Å². The number of hydrogen-bond acceptors (Lipinski definition) is 4. The first-order valence-corrected chi connectivity index (χ1v) is 7.14. The van der Waals surface area contributed by atoms with Gasteiger partial charge in [-0.2, -0.15) is 5.26 Å². The number of amides is 1. The summed E-state index contributed by atoms with van der Waals surface area (Å²) >= 11 is 13.0. The number of nitrogens with one attached hydrogen (secondary N) is 1. The topological polar surface area (TPSA) is 65.8 Å². The van der Waals surface area contributed by atoms with Crippen LogP contribution in [0.2, 0.25) is 10.2 Å². The molecule has 0 saturated carbocycles. The Bertz CT molecular complexity index is 734. The molecule has 0 atom stereocenters. The molecular weight excluding hydrogens is 317 g/mol. The summed E-state index contributed by atoms with van der Waals surface area (Å²) in [6.07, 6.45) is 0. The summed E-state index contributed by atoms with van der Waals surface area (Å²) in [5, 5.41) is 12.7. The molecule has 2 aromatic heterocycles. The quantitative estimate of drug-likeness (QED) is 0.842. The van der Waals surface area contributed by atoms with E-state index in [2.05, 4.69) is 16.4 Å². The second kappa shape index (κ2) is 5.80. The second-order valence-electron chi connectivity index (χ2n) is 4.02. The zero-order chi connectivity index (χ0) is 14.9. The van der Waals surface area contributed by atoms with E-state index in [4.69, 9.17) is 28.5 Å². The van der Waals surface area contributed by atoms with Gasteiger partial charge in [0.2, 0.25) is 0 Å². The molecule has 2 aromatic rings. The van der Waals surface area contributed by atoms with Crippen molar-refractivity contribution in [3.8, 4) is 6.07 Å². The molecule has 0 bridgehead atoms. The van der Waals surface area contributed by atoms with Gasteiger partial charge in [0.25, 0.3) is 5.91 Å². The van der Waals surface area contributed by atoms with E-state index in [-0.39, 0.29) is 15.9 Å². The summed E-state index contributed by atoms with van der Waals surface area (Å²) in [6.45, 7) is 3.73. The van der Waals surface area contributed by atoms with Gasteiger partial charge in [-0.1, -0.05) is 23.2 Å². The first-order chi connectivity index (χ1) is 9.43. The summed E-state index contributed by atoms with van der Waals surface area (Å²) in [5.74, 6) is -0.491. The van der Waals surface area contributed by atoms with Crippen LogP contribution in [0.15, 0.2) is 12.1 Å². The Labute approximate surface area is 130 Å². The molecule has 0 fully saturated rings. The molecule has 4 nitrogen and oxygen atoms in total. The first-order valence-electron chi connectivity index (χ1n) is 5.57. The molecule has 0 aliphatic carbocycles. The minimum absolute atomic E-state index is 0.0340. The van der Waals surface area contributed by atoms with Crippen molar-refractivity contribution in [2.45, 2.75) is 13.8 Å². The summed E-state index contributed by atoms with van der Waals surface area (Å²) in [5.41, 5.74) is 1.35. The maximum atomic E-state index is 12.2. The maximum absolute atomic E-state index is 12.2. The normalized spacial score (nSPS) is 10.2. The molecule has 2 heterocycles. The minimum atomic E-state index is -0.491. The number of carbonyl (C=O) groups is 1. The van der Waals surface area contributed by atoms with Crippen molar-refractivity contribution in [3.63, 3.8) is 0 Å². The summed E-state index contributed by atoms with van der Waals surface area (Å²) in [7, 11) is 0. The van der Waals surface area contributed by atoms with Crippen LogP contribution in [0.5, 0.6) is 0 Å². The van der Waals surface area contributed by atoms with E-state index in [0.29, 0.717) is 10.6 Å². The SMILES string of the molecule is Cc1sc(NC(=O)c2nc(Cl)ccc2Cl)c(C#N)c1C. The average molecular weight is 326 g/mol. The number of nitriles is 1. The average Bonchev–Trinajstić information content (AvgIpc) is 2.67. The van der Waals surface area contributed by atoms with E-state index in [1.807, 2.05) is 13.8 Å². The smallest absolute Gasteiger partial charge is 0.276 e. The van der Waals surface area contributed by atoms with Crippen LogP contribution in [0.1, 0.15) is 26.5 Å². The van der Waals surface area contributed by atoms with E-state index < -0.39 is 5.91 Å². The van der Waals surface area contributed by atoms with Crippen LogP contribution < -0.4 is 5.32 Å². The van der Waals surface area contributed by atoms with Gasteiger partial charge in [-0.25, -0.2) is 4.98 Å². The van der Waals surface area contributed by atoms with Crippen LogP contribution in [-0.4, -0.2) is 10.9 Å². The number of pyridine rings is 1. The Morgan fingerprint density at radius 3 is 2.75 bits per heavy atom. The molecule has 20 heavy (non-hydrogen) atoms. The predicted octanol–water partition coefficient (Wildman–Crippen LogP) is 4.19. The molecule has 1 amide bonds. The van der Waals surface area contributed by atoms with Crippen molar-refractivity contribution >= 4 is 45.4 Å². The van der Waals surface area contributed by atoms with Crippen molar-refractivity contribution in [3.05, 3.63) is 44.0 Å². The number of aromatic nitrogens is 1. The molecule has 2 rings (SSSR count). The maximum Gasteiger partial charge on any atom is 0.276 e. The molecule has 0 radical (unpaired) electrons. The molecule has 0 aromatic carbocycles. The van der Waals surface area contributed by atoms with Crippen molar-refractivity contribution in [2.24, 2.45) is 0 Å². The Morgan fingerprint density at radius 1 is 1.40 bits per heavy atom. The molecule has 0 spiro atoms. The third-order valence-corrected chi connectivity index (χ3v) is 4.39. The van der Waals surface area contributed by atoms with Gasteiger partial charge in [0, 0.05) is 4.88 Å². The molecule has 0 aliphatic heterocycles. The Balaban J connectivity index is 2.36. The lowest BCUT2D eigenvalue weighted by molar-refractivity contribution is 0.102. The lowest BCUT2D eigenvalue weighted by Gasteiger charge is -2.05. The summed E-state index contributed by atoms with van der Waals surface area (Å²) in [4.78, 5) is 17.0. The van der Waals surface area contributed by atoms with Gasteiger partial charge < -0.3 is 5.32 Å². The van der Waals surface area contributed by atoms with Crippen molar-refractivity contribution in [1.29, 1.82) is 5.26 Å². The molecule has 0 aliphatic rings. The van der Waals surface area contributed by atoms with E-state index in [9.17, 15) is 4.79 Å². The van der Waals surface area contributed by atoms with Gasteiger partial charge >= 0.3 is 0 Å². The molecular formula is C13H9Cl2N3OS. The van der Waals surface area contributed by atoms with Crippen molar-refractivity contribution in [2.75, 3.05) is 5.32 Å². The Kier molecular flexibility index (Phi) is 4.29. The highest BCUT2D eigenvalue weighted by Crippen LogP contribution is 2.32. The van der Waals surface area contributed by atoms with Gasteiger partial charge in [0.15, 0.2) is 0 Å². The number of nitrogens with zero attached hydrogens (tertiary/aromatic N) is 2. The van der Waals surface area contributed by atoms with E-state index in [1.165, 1.54) is 23.5 Å². The van der Waals surface area contributed by atoms with Crippen molar-refractivity contribution in [1.82, 2.24) is 4.98 Å². The highest BCUT2D eigenvalue weighted by atomic mass is 35.5. The van der Waals surface area contributed by atoms with Gasteiger partial charge in [-0.3, -0.25) is 4.79 Å². The van der Waals surface area contributed by atoms with Gasteiger partial charge in [-0.15, -0.1) is 11.3 Å². The number of hydrogen-bond donors (Lipinski definition) is 1. The Hall–Kier alpha value is -1.61. The number of anilines is 1. The third-order valence-electron chi connectivity index (χ3n) is 2.75. The van der Waals surface area contributed by atoms with Crippen LogP contribution in [0, 0.1) is 25.2 Å². The van der Waals surface area contributed by atoms with E-state index >= 15 is 0 Å². The first kappa shape index (κ1) is 14.8. The van der Waals surface area contributed by atoms with Crippen LogP contribution in [0.3, 0.4) is 0 Å². The monoisotopic (exact) mass is 325 g/mol. The lowest BCUT2D eigenvalue weighted by atomic mass is 10.2. The molecule has 0 unspecified atom stereocenters. The van der Waals surface area contributed by atoms with Gasteiger partial charge in [0.05, 0.1) is 10.6 Å². The zero-order valence-electron chi connectivity index (χ0n) is 10.6. The number of carbonyl (C=O) groups excluding carboxylic acids is 1. The number of rotatable bonds is 2. The van der Waals surface area contributed by atoms with Crippen molar-refractivity contribution < 1.29 is 4.79 Å². The molecule has 7 heteroatoms. The minimum Gasteiger partial charge on any atom is -0.311 e. The fourth-order valence-electron chi connectivity index (χ4n) is 1.59. The largest absolute Gasteiger partial charge is 0.311 e. The van der Waals surface area contributed by atoms with Crippen LogP contribution in [0.4, 0.5) is 5.00 Å².